The molecule has 0 saturated carbocycles. The van der Waals surface area contributed by atoms with E-state index in [9.17, 15) is 4.79 Å². The van der Waals surface area contributed by atoms with E-state index in [4.69, 9.17) is 4.74 Å². The first kappa shape index (κ1) is 15.3. The molecule has 23 heavy (non-hydrogen) atoms. The lowest BCUT2D eigenvalue weighted by molar-refractivity contribution is 0.0985. The summed E-state index contributed by atoms with van der Waals surface area (Å²) in [6.07, 6.45) is 3.62. The predicted molar refractivity (Wildman–Crippen MR) is 91.6 cm³/mol. The number of hydrogen-bond donors (Lipinski definition) is 0. The molecule has 0 N–H and O–H groups in total. The Morgan fingerprint density at radius 2 is 2.13 bits per heavy atom. The summed E-state index contributed by atoms with van der Waals surface area (Å²) in [6, 6.07) is 9.53. The largest absolute Gasteiger partial charge is 0.497 e. The highest BCUT2D eigenvalue weighted by Gasteiger charge is 2.26. The van der Waals surface area contributed by atoms with E-state index >= 15 is 0 Å². The van der Waals surface area contributed by atoms with E-state index in [1.165, 1.54) is 0 Å². The van der Waals surface area contributed by atoms with Gasteiger partial charge in [0.05, 0.1) is 12.7 Å². The van der Waals surface area contributed by atoms with E-state index in [-0.39, 0.29) is 5.91 Å². The molecule has 2 aromatic rings. The second kappa shape index (κ2) is 6.28. The second-order valence-electron chi connectivity index (χ2n) is 5.82. The van der Waals surface area contributed by atoms with Crippen LogP contribution >= 0.6 is 0 Å². The average Bonchev–Trinajstić information content (AvgIpc) is 2.60. The van der Waals surface area contributed by atoms with Gasteiger partial charge in [0.15, 0.2) is 0 Å². The molecule has 0 bridgehead atoms. The SMILES string of the molecule is COc1ccc2c(c1)CCCN2C(=O)c1cccnc1N(C)C. The highest BCUT2D eigenvalue weighted by molar-refractivity contribution is 6.09. The maximum absolute atomic E-state index is 13.1. The fraction of sp³-hybridized carbons (Fsp3) is 0.333. The average molecular weight is 311 g/mol. The van der Waals surface area contributed by atoms with Crippen molar-refractivity contribution in [2.45, 2.75) is 12.8 Å². The van der Waals surface area contributed by atoms with Crippen LogP contribution in [0.1, 0.15) is 22.3 Å². The Hall–Kier alpha value is -2.56. The number of ether oxygens (including phenoxy) is 1. The standard InChI is InChI=1S/C18H21N3O2/c1-20(2)17-15(7-4-10-19-17)18(22)21-11-5-6-13-12-14(23-3)8-9-16(13)21/h4,7-10,12H,5-6,11H2,1-3H3. The molecule has 3 rings (SSSR count). The summed E-state index contributed by atoms with van der Waals surface area (Å²) in [5.41, 5.74) is 2.75. The first-order chi connectivity index (χ1) is 11.1. The molecule has 0 atom stereocenters. The molecular formula is C18H21N3O2. The molecule has 5 heteroatoms. The van der Waals surface area contributed by atoms with Crippen molar-refractivity contribution in [3.05, 3.63) is 47.7 Å². The molecule has 1 amide bonds. The van der Waals surface area contributed by atoms with E-state index in [1.807, 2.05) is 48.2 Å². The molecule has 1 aromatic heterocycles. The van der Waals surface area contributed by atoms with Crippen LogP contribution < -0.4 is 14.5 Å². The number of pyridine rings is 1. The van der Waals surface area contributed by atoms with E-state index in [0.717, 1.165) is 36.4 Å². The van der Waals surface area contributed by atoms with Crippen LogP contribution in [0.15, 0.2) is 36.5 Å². The fourth-order valence-corrected chi connectivity index (χ4v) is 2.98. The summed E-state index contributed by atoms with van der Waals surface area (Å²) >= 11 is 0. The van der Waals surface area contributed by atoms with Crippen LogP contribution in [0.2, 0.25) is 0 Å². The molecule has 0 fully saturated rings. The Kier molecular flexibility index (Phi) is 4.19. The summed E-state index contributed by atoms with van der Waals surface area (Å²) in [5.74, 6) is 1.51. The molecule has 0 aliphatic carbocycles. The Morgan fingerprint density at radius 3 is 2.87 bits per heavy atom. The van der Waals surface area contributed by atoms with Crippen LogP contribution in [0.25, 0.3) is 0 Å². The number of amides is 1. The maximum atomic E-state index is 13.1. The number of rotatable bonds is 3. The number of fused-ring (bicyclic) bond motifs is 1. The zero-order valence-corrected chi connectivity index (χ0v) is 13.7. The third-order valence-electron chi connectivity index (χ3n) is 4.09. The van der Waals surface area contributed by atoms with Crippen molar-refractivity contribution >= 4 is 17.4 Å². The monoisotopic (exact) mass is 311 g/mol. The van der Waals surface area contributed by atoms with Crippen LogP contribution in [-0.4, -0.2) is 38.6 Å². The van der Waals surface area contributed by atoms with Crippen molar-refractivity contribution in [1.29, 1.82) is 0 Å². The fourth-order valence-electron chi connectivity index (χ4n) is 2.98. The van der Waals surface area contributed by atoms with E-state index in [0.29, 0.717) is 11.4 Å². The van der Waals surface area contributed by atoms with Gasteiger partial charge in [-0.2, -0.15) is 0 Å². The number of hydrogen-bond acceptors (Lipinski definition) is 4. The lowest BCUT2D eigenvalue weighted by Gasteiger charge is -2.30. The Labute approximate surface area is 136 Å². The molecule has 1 aromatic carbocycles. The van der Waals surface area contributed by atoms with Gasteiger partial charge in [0.25, 0.3) is 5.91 Å². The van der Waals surface area contributed by atoms with Crippen molar-refractivity contribution < 1.29 is 9.53 Å². The molecule has 0 spiro atoms. The van der Waals surface area contributed by atoms with Crippen LogP contribution in [0, 0.1) is 0 Å². The van der Waals surface area contributed by atoms with Gasteiger partial charge in [-0.1, -0.05) is 0 Å². The molecule has 1 aliphatic rings. The van der Waals surface area contributed by atoms with Crippen LogP contribution in [0.3, 0.4) is 0 Å². The van der Waals surface area contributed by atoms with E-state index < -0.39 is 0 Å². The van der Waals surface area contributed by atoms with Gasteiger partial charge >= 0.3 is 0 Å². The number of anilines is 2. The Balaban J connectivity index is 2.00. The van der Waals surface area contributed by atoms with Crippen molar-refractivity contribution in [2.24, 2.45) is 0 Å². The number of benzene rings is 1. The van der Waals surface area contributed by atoms with Crippen molar-refractivity contribution in [1.82, 2.24) is 4.98 Å². The number of aryl methyl sites for hydroxylation is 1. The quantitative estimate of drug-likeness (QED) is 0.874. The van der Waals surface area contributed by atoms with Gasteiger partial charge in [0.1, 0.15) is 11.6 Å². The molecular weight excluding hydrogens is 290 g/mol. The van der Waals surface area contributed by atoms with Gasteiger partial charge in [-0.25, -0.2) is 4.98 Å². The minimum Gasteiger partial charge on any atom is -0.497 e. The van der Waals surface area contributed by atoms with Crippen LogP contribution in [0.4, 0.5) is 11.5 Å². The topological polar surface area (TPSA) is 45.7 Å². The number of carbonyl (C=O) groups excluding carboxylic acids is 1. The molecule has 5 nitrogen and oxygen atoms in total. The minimum atomic E-state index is -0.00656. The Bertz CT molecular complexity index is 728. The number of carbonyl (C=O) groups is 1. The normalized spacial score (nSPS) is 13.4. The molecule has 120 valence electrons. The van der Waals surface area contributed by atoms with E-state index in [2.05, 4.69) is 4.98 Å². The van der Waals surface area contributed by atoms with Crippen LogP contribution in [0.5, 0.6) is 5.75 Å². The molecule has 2 heterocycles. The minimum absolute atomic E-state index is 0.00656. The summed E-state index contributed by atoms with van der Waals surface area (Å²) < 4.78 is 5.29. The third kappa shape index (κ3) is 2.86. The van der Waals surface area contributed by atoms with Gasteiger partial charge in [0.2, 0.25) is 0 Å². The van der Waals surface area contributed by atoms with Crippen molar-refractivity contribution in [3.63, 3.8) is 0 Å². The smallest absolute Gasteiger partial charge is 0.262 e. The van der Waals surface area contributed by atoms with Crippen molar-refractivity contribution in [3.8, 4) is 5.75 Å². The summed E-state index contributed by atoms with van der Waals surface area (Å²) in [5, 5.41) is 0. The lowest BCUT2D eigenvalue weighted by Crippen LogP contribution is -2.36. The molecule has 0 radical (unpaired) electrons. The summed E-state index contributed by atoms with van der Waals surface area (Å²) in [6.45, 7) is 0.722. The number of methoxy groups -OCH3 is 1. The zero-order valence-electron chi connectivity index (χ0n) is 13.7. The highest BCUT2D eigenvalue weighted by atomic mass is 16.5. The summed E-state index contributed by atoms with van der Waals surface area (Å²) in [4.78, 5) is 21.1. The Morgan fingerprint density at radius 1 is 1.30 bits per heavy atom. The number of aromatic nitrogens is 1. The van der Waals surface area contributed by atoms with Gasteiger partial charge in [-0.15, -0.1) is 0 Å². The molecule has 1 aliphatic heterocycles. The summed E-state index contributed by atoms with van der Waals surface area (Å²) in [7, 11) is 5.45. The van der Waals surface area contributed by atoms with Crippen molar-refractivity contribution in [2.75, 3.05) is 37.5 Å². The third-order valence-corrected chi connectivity index (χ3v) is 4.09. The first-order valence-corrected chi connectivity index (χ1v) is 7.73. The second-order valence-corrected chi connectivity index (χ2v) is 5.82. The highest BCUT2D eigenvalue weighted by Crippen LogP contribution is 2.32. The van der Waals surface area contributed by atoms with Gasteiger partial charge in [-0.05, 0) is 48.7 Å². The van der Waals surface area contributed by atoms with E-state index in [1.54, 1.807) is 19.4 Å². The number of nitrogens with zero attached hydrogens (tertiary/aromatic N) is 3. The maximum Gasteiger partial charge on any atom is 0.262 e. The molecule has 0 unspecified atom stereocenters. The predicted octanol–water partition coefficient (Wildman–Crippen LogP) is 2.75. The zero-order chi connectivity index (χ0) is 16.4. The molecule has 0 saturated heterocycles. The van der Waals surface area contributed by atoms with Crippen LogP contribution in [-0.2, 0) is 6.42 Å². The lowest BCUT2D eigenvalue weighted by atomic mass is 10.0. The van der Waals surface area contributed by atoms with Gasteiger partial charge < -0.3 is 14.5 Å². The van der Waals surface area contributed by atoms with Gasteiger partial charge in [0, 0.05) is 32.5 Å². The van der Waals surface area contributed by atoms with Gasteiger partial charge in [-0.3, -0.25) is 4.79 Å². The first-order valence-electron chi connectivity index (χ1n) is 7.73.